The maximum atomic E-state index is 4.46. The monoisotopic (exact) mass is 340 g/mol. The second kappa shape index (κ2) is 5.96. The fourth-order valence-corrected chi connectivity index (χ4v) is 3.07. The number of nitrogens with zero attached hydrogens (tertiary/aromatic N) is 1. The molecule has 1 heterocycles. The van der Waals surface area contributed by atoms with E-state index in [0.29, 0.717) is 0 Å². The molecule has 0 saturated carbocycles. The van der Waals surface area contributed by atoms with Gasteiger partial charge in [-0.25, -0.2) is 0 Å². The predicted octanol–water partition coefficient (Wildman–Crippen LogP) is 4.61. The standard InChI is InChI=1S/C18H17BrN2/c1-12-5-8-15(19)11-16(12)18(20-2)14-7-6-13-4-3-9-21-17(13)10-14/h3-11,18,20H,1-2H3. The van der Waals surface area contributed by atoms with Gasteiger partial charge in [0.15, 0.2) is 0 Å². The normalized spacial score (nSPS) is 12.5. The summed E-state index contributed by atoms with van der Waals surface area (Å²) in [6, 6.07) is 17.1. The summed E-state index contributed by atoms with van der Waals surface area (Å²) in [5, 5.41) is 4.59. The number of rotatable bonds is 3. The summed E-state index contributed by atoms with van der Waals surface area (Å²) >= 11 is 3.57. The number of fused-ring (bicyclic) bond motifs is 1. The number of hydrogen-bond acceptors (Lipinski definition) is 2. The van der Waals surface area contributed by atoms with Gasteiger partial charge in [0.1, 0.15) is 0 Å². The zero-order valence-corrected chi connectivity index (χ0v) is 13.7. The van der Waals surface area contributed by atoms with Crippen LogP contribution in [0.5, 0.6) is 0 Å². The SMILES string of the molecule is CNC(c1ccc2cccnc2c1)c1cc(Br)ccc1C. The number of aryl methyl sites for hydroxylation is 1. The van der Waals surface area contributed by atoms with Gasteiger partial charge in [0.25, 0.3) is 0 Å². The van der Waals surface area contributed by atoms with Crippen molar-refractivity contribution in [3.8, 4) is 0 Å². The van der Waals surface area contributed by atoms with Crippen molar-refractivity contribution in [3.63, 3.8) is 0 Å². The van der Waals surface area contributed by atoms with E-state index in [1.807, 2.05) is 19.3 Å². The number of hydrogen-bond donors (Lipinski definition) is 1. The summed E-state index contributed by atoms with van der Waals surface area (Å²) < 4.78 is 1.10. The third kappa shape index (κ3) is 2.85. The molecule has 0 fully saturated rings. The lowest BCUT2D eigenvalue weighted by Gasteiger charge is -2.20. The molecule has 0 aliphatic rings. The molecule has 106 valence electrons. The average molecular weight is 341 g/mol. The van der Waals surface area contributed by atoms with Crippen LogP contribution < -0.4 is 5.32 Å². The Labute approximate surface area is 133 Å². The molecule has 1 unspecified atom stereocenters. The van der Waals surface area contributed by atoms with E-state index in [-0.39, 0.29) is 6.04 Å². The van der Waals surface area contributed by atoms with Gasteiger partial charge >= 0.3 is 0 Å². The molecule has 0 saturated heterocycles. The highest BCUT2D eigenvalue weighted by Crippen LogP contribution is 2.28. The van der Waals surface area contributed by atoms with Crippen molar-refractivity contribution in [2.45, 2.75) is 13.0 Å². The summed E-state index contributed by atoms with van der Waals surface area (Å²) in [6.45, 7) is 2.14. The van der Waals surface area contributed by atoms with E-state index in [9.17, 15) is 0 Å². The van der Waals surface area contributed by atoms with Crippen LogP contribution in [0.2, 0.25) is 0 Å². The topological polar surface area (TPSA) is 24.9 Å². The first kappa shape index (κ1) is 14.2. The zero-order chi connectivity index (χ0) is 14.8. The molecular formula is C18H17BrN2. The van der Waals surface area contributed by atoms with Gasteiger partial charge in [0.05, 0.1) is 11.6 Å². The van der Waals surface area contributed by atoms with Gasteiger partial charge in [-0.05, 0) is 54.9 Å². The number of benzene rings is 2. The second-order valence-electron chi connectivity index (χ2n) is 5.18. The van der Waals surface area contributed by atoms with Crippen LogP contribution in [-0.4, -0.2) is 12.0 Å². The molecule has 0 amide bonds. The number of pyridine rings is 1. The van der Waals surface area contributed by atoms with E-state index in [0.717, 1.165) is 9.99 Å². The zero-order valence-electron chi connectivity index (χ0n) is 12.1. The number of aromatic nitrogens is 1. The van der Waals surface area contributed by atoms with Crippen molar-refractivity contribution >= 4 is 26.8 Å². The fourth-order valence-electron chi connectivity index (χ4n) is 2.69. The van der Waals surface area contributed by atoms with Gasteiger partial charge in [-0.2, -0.15) is 0 Å². The highest BCUT2D eigenvalue weighted by atomic mass is 79.9. The highest BCUT2D eigenvalue weighted by molar-refractivity contribution is 9.10. The molecule has 0 spiro atoms. The smallest absolute Gasteiger partial charge is 0.0705 e. The van der Waals surface area contributed by atoms with Crippen LogP contribution in [0.4, 0.5) is 0 Å². The van der Waals surface area contributed by atoms with E-state index in [1.54, 1.807) is 0 Å². The minimum absolute atomic E-state index is 0.161. The number of halogens is 1. The molecule has 1 N–H and O–H groups in total. The van der Waals surface area contributed by atoms with E-state index in [2.05, 4.69) is 75.6 Å². The third-order valence-electron chi connectivity index (χ3n) is 3.80. The average Bonchev–Trinajstić information content (AvgIpc) is 2.51. The first-order valence-electron chi connectivity index (χ1n) is 6.97. The van der Waals surface area contributed by atoms with Crippen molar-refractivity contribution in [2.75, 3.05) is 7.05 Å². The van der Waals surface area contributed by atoms with Gasteiger partial charge in [-0.1, -0.05) is 40.2 Å². The molecule has 0 aliphatic heterocycles. The Balaban J connectivity index is 2.11. The second-order valence-corrected chi connectivity index (χ2v) is 6.09. The summed E-state index contributed by atoms with van der Waals surface area (Å²) in [6.07, 6.45) is 1.84. The lowest BCUT2D eigenvalue weighted by atomic mass is 9.94. The molecular weight excluding hydrogens is 324 g/mol. The summed E-state index contributed by atoms with van der Waals surface area (Å²) in [7, 11) is 1.99. The van der Waals surface area contributed by atoms with E-state index >= 15 is 0 Å². The van der Waals surface area contributed by atoms with Crippen LogP contribution >= 0.6 is 15.9 Å². The van der Waals surface area contributed by atoms with E-state index < -0.39 is 0 Å². The summed E-state index contributed by atoms with van der Waals surface area (Å²) in [4.78, 5) is 4.46. The first-order valence-corrected chi connectivity index (χ1v) is 7.76. The highest BCUT2D eigenvalue weighted by Gasteiger charge is 2.15. The van der Waals surface area contributed by atoms with Gasteiger partial charge < -0.3 is 5.32 Å². The van der Waals surface area contributed by atoms with Crippen molar-refractivity contribution in [1.29, 1.82) is 0 Å². The summed E-state index contributed by atoms with van der Waals surface area (Å²) in [5.74, 6) is 0. The Bertz CT molecular complexity index is 783. The van der Waals surface area contributed by atoms with E-state index in [4.69, 9.17) is 0 Å². The van der Waals surface area contributed by atoms with Crippen LogP contribution in [0, 0.1) is 6.92 Å². The maximum absolute atomic E-state index is 4.46. The molecule has 0 bridgehead atoms. The molecule has 0 aliphatic carbocycles. The molecule has 21 heavy (non-hydrogen) atoms. The maximum Gasteiger partial charge on any atom is 0.0705 e. The fraction of sp³-hybridized carbons (Fsp3) is 0.167. The summed E-state index contributed by atoms with van der Waals surface area (Å²) in [5.41, 5.74) is 4.81. The Morgan fingerprint density at radius 3 is 2.76 bits per heavy atom. The van der Waals surface area contributed by atoms with Crippen LogP contribution in [0.3, 0.4) is 0 Å². The Morgan fingerprint density at radius 2 is 1.95 bits per heavy atom. The van der Waals surface area contributed by atoms with Crippen molar-refractivity contribution < 1.29 is 0 Å². The van der Waals surface area contributed by atoms with Gasteiger partial charge in [0.2, 0.25) is 0 Å². The minimum Gasteiger partial charge on any atom is -0.309 e. The molecule has 3 heteroatoms. The lowest BCUT2D eigenvalue weighted by molar-refractivity contribution is 0.688. The van der Waals surface area contributed by atoms with Crippen molar-refractivity contribution in [1.82, 2.24) is 10.3 Å². The van der Waals surface area contributed by atoms with Crippen LogP contribution in [0.1, 0.15) is 22.7 Å². The molecule has 0 radical (unpaired) electrons. The molecule has 3 rings (SSSR count). The van der Waals surface area contributed by atoms with Crippen molar-refractivity contribution in [3.05, 3.63) is 75.9 Å². The lowest BCUT2D eigenvalue weighted by Crippen LogP contribution is -2.18. The molecule has 2 nitrogen and oxygen atoms in total. The molecule has 3 aromatic rings. The molecule has 1 atom stereocenters. The first-order chi connectivity index (χ1) is 10.2. The van der Waals surface area contributed by atoms with Crippen molar-refractivity contribution in [2.24, 2.45) is 0 Å². The molecule has 1 aromatic heterocycles. The van der Waals surface area contributed by atoms with E-state index in [1.165, 1.54) is 22.1 Å². The Hall–Kier alpha value is -1.71. The molecule has 2 aromatic carbocycles. The Kier molecular flexibility index (Phi) is 4.04. The van der Waals surface area contributed by atoms with Crippen LogP contribution in [0.25, 0.3) is 10.9 Å². The largest absolute Gasteiger partial charge is 0.309 e. The minimum atomic E-state index is 0.161. The van der Waals surface area contributed by atoms with Gasteiger partial charge in [0, 0.05) is 16.1 Å². The van der Waals surface area contributed by atoms with Crippen LogP contribution in [-0.2, 0) is 0 Å². The quantitative estimate of drug-likeness (QED) is 0.752. The van der Waals surface area contributed by atoms with Gasteiger partial charge in [-0.15, -0.1) is 0 Å². The predicted molar refractivity (Wildman–Crippen MR) is 91.5 cm³/mol. The third-order valence-corrected chi connectivity index (χ3v) is 4.30. The van der Waals surface area contributed by atoms with Crippen LogP contribution in [0.15, 0.2) is 59.2 Å². The Morgan fingerprint density at radius 1 is 1.10 bits per heavy atom. The number of nitrogens with one attached hydrogen (secondary N) is 1. The van der Waals surface area contributed by atoms with Gasteiger partial charge in [-0.3, -0.25) is 4.98 Å².